The molecule has 2 fully saturated rings. The molecular weight excluding hydrogens is 288 g/mol. The highest BCUT2D eigenvalue weighted by atomic mass is 16.5. The van der Waals surface area contributed by atoms with E-state index in [-0.39, 0.29) is 17.2 Å². The largest absolute Gasteiger partial charge is 0.381 e. The first-order valence-electron chi connectivity index (χ1n) is 8.84. The first kappa shape index (κ1) is 16.5. The highest BCUT2D eigenvalue weighted by Gasteiger charge is 2.38. The second-order valence-electron chi connectivity index (χ2n) is 7.21. The fourth-order valence-electron chi connectivity index (χ4n) is 3.80. The second-order valence-corrected chi connectivity index (χ2v) is 7.21. The quantitative estimate of drug-likeness (QED) is 0.846. The van der Waals surface area contributed by atoms with Gasteiger partial charge in [-0.15, -0.1) is 0 Å². The van der Waals surface area contributed by atoms with Crippen LogP contribution in [0.2, 0.25) is 0 Å². The molecule has 126 valence electrons. The minimum absolute atomic E-state index is 0.0104. The molecule has 3 rings (SSSR count). The summed E-state index contributed by atoms with van der Waals surface area (Å²) in [6.45, 7) is 2.20. The molecule has 2 aliphatic rings. The molecule has 23 heavy (non-hydrogen) atoms. The summed E-state index contributed by atoms with van der Waals surface area (Å²) in [4.78, 5) is 12.4. The van der Waals surface area contributed by atoms with E-state index in [1.54, 1.807) is 0 Å². The first-order chi connectivity index (χ1) is 11.2. The molecule has 1 aromatic rings. The predicted octanol–water partition coefficient (Wildman–Crippen LogP) is 2.27. The van der Waals surface area contributed by atoms with Crippen molar-refractivity contribution in [1.82, 2.24) is 5.32 Å². The minimum atomic E-state index is -0.396. The van der Waals surface area contributed by atoms with Gasteiger partial charge in [0.2, 0.25) is 5.91 Å². The lowest BCUT2D eigenvalue weighted by molar-refractivity contribution is -0.125. The molecule has 3 N–H and O–H groups in total. The van der Waals surface area contributed by atoms with Gasteiger partial charge in [0.1, 0.15) is 0 Å². The van der Waals surface area contributed by atoms with E-state index in [0.717, 1.165) is 39.0 Å². The molecule has 0 spiro atoms. The van der Waals surface area contributed by atoms with E-state index in [0.29, 0.717) is 0 Å². The van der Waals surface area contributed by atoms with Gasteiger partial charge in [-0.1, -0.05) is 36.8 Å². The summed E-state index contributed by atoms with van der Waals surface area (Å²) in [5, 5.41) is 3.14. The van der Waals surface area contributed by atoms with Gasteiger partial charge in [-0.25, -0.2) is 0 Å². The van der Waals surface area contributed by atoms with Crippen molar-refractivity contribution in [3.63, 3.8) is 0 Å². The Labute approximate surface area is 138 Å². The van der Waals surface area contributed by atoms with Crippen LogP contribution in [-0.4, -0.2) is 31.7 Å². The minimum Gasteiger partial charge on any atom is -0.381 e. The predicted molar refractivity (Wildman–Crippen MR) is 91.0 cm³/mol. The van der Waals surface area contributed by atoms with E-state index < -0.39 is 6.04 Å². The summed E-state index contributed by atoms with van der Waals surface area (Å²) in [5.74, 6) is 0.270. The van der Waals surface area contributed by atoms with Crippen molar-refractivity contribution < 1.29 is 9.53 Å². The lowest BCUT2D eigenvalue weighted by atomic mass is 9.65. The Kier molecular flexibility index (Phi) is 5.34. The summed E-state index contributed by atoms with van der Waals surface area (Å²) >= 11 is 0. The van der Waals surface area contributed by atoms with E-state index in [2.05, 4.69) is 29.6 Å². The van der Waals surface area contributed by atoms with E-state index >= 15 is 0 Å². The Morgan fingerprint density at radius 2 is 1.96 bits per heavy atom. The molecule has 0 radical (unpaired) electrons. The van der Waals surface area contributed by atoms with Gasteiger partial charge in [-0.3, -0.25) is 4.79 Å². The van der Waals surface area contributed by atoms with Crippen molar-refractivity contribution in [2.75, 3.05) is 19.8 Å². The number of rotatable bonds is 6. The fraction of sp³-hybridized carbons (Fsp3) is 0.632. The number of ether oxygens (including phenoxy) is 1. The normalized spacial score (nSPS) is 22.1. The van der Waals surface area contributed by atoms with Crippen LogP contribution in [0.4, 0.5) is 0 Å². The molecule has 1 saturated carbocycles. The third-order valence-electron chi connectivity index (χ3n) is 5.55. The molecule has 1 aliphatic carbocycles. The van der Waals surface area contributed by atoms with Gasteiger partial charge in [0.15, 0.2) is 0 Å². The van der Waals surface area contributed by atoms with Crippen LogP contribution in [0.25, 0.3) is 0 Å². The smallest absolute Gasteiger partial charge is 0.237 e. The average Bonchev–Trinajstić information content (AvgIpc) is 2.58. The molecule has 4 nitrogen and oxygen atoms in total. The van der Waals surface area contributed by atoms with Crippen molar-refractivity contribution in [3.8, 4) is 0 Å². The summed E-state index contributed by atoms with van der Waals surface area (Å²) < 4.78 is 5.35. The van der Waals surface area contributed by atoms with Crippen LogP contribution in [0.3, 0.4) is 0 Å². The Hall–Kier alpha value is -1.39. The first-order valence-corrected chi connectivity index (χ1v) is 8.84. The van der Waals surface area contributed by atoms with Gasteiger partial charge in [0.25, 0.3) is 0 Å². The highest BCUT2D eigenvalue weighted by molar-refractivity contribution is 5.81. The molecule has 1 heterocycles. The number of hydrogen-bond acceptors (Lipinski definition) is 3. The molecule has 0 bridgehead atoms. The zero-order chi connectivity index (χ0) is 16.1. The SMILES string of the molecule is NC(C(=O)NCC1(Cc2ccccc2)CCC1)C1CCOCC1. The van der Waals surface area contributed by atoms with Crippen LogP contribution in [0, 0.1) is 11.3 Å². The van der Waals surface area contributed by atoms with E-state index in [9.17, 15) is 4.79 Å². The maximum atomic E-state index is 12.4. The average molecular weight is 316 g/mol. The fourth-order valence-corrected chi connectivity index (χ4v) is 3.80. The molecule has 1 unspecified atom stereocenters. The maximum absolute atomic E-state index is 12.4. The molecule has 1 atom stereocenters. The molecule has 1 amide bonds. The molecule has 0 aromatic heterocycles. The topological polar surface area (TPSA) is 64.4 Å². The third kappa shape index (κ3) is 4.12. The summed E-state index contributed by atoms with van der Waals surface area (Å²) in [6, 6.07) is 10.2. The lowest BCUT2D eigenvalue weighted by Gasteiger charge is -2.42. The Bertz CT molecular complexity index is 507. The van der Waals surface area contributed by atoms with Crippen LogP contribution in [0.15, 0.2) is 30.3 Å². The number of nitrogens with one attached hydrogen (secondary N) is 1. The highest BCUT2D eigenvalue weighted by Crippen LogP contribution is 2.43. The number of benzene rings is 1. The second kappa shape index (κ2) is 7.45. The van der Waals surface area contributed by atoms with E-state index in [4.69, 9.17) is 10.5 Å². The van der Waals surface area contributed by atoms with Crippen molar-refractivity contribution in [2.24, 2.45) is 17.1 Å². The monoisotopic (exact) mass is 316 g/mol. The van der Waals surface area contributed by atoms with Gasteiger partial charge < -0.3 is 15.8 Å². The number of carbonyl (C=O) groups excluding carboxylic acids is 1. The van der Waals surface area contributed by atoms with Gasteiger partial charge in [0, 0.05) is 19.8 Å². The molecule has 4 heteroatoms. The third-order valence-corrected chi connectivity index (χ3v) is 5.55. The van der Waals surface area contributed by atoms with Gasteiger partial charge >= 0.3 is 0 Å². The van der Waals surface area contributed by atoms with Gasteiger partial charge in [0.05, 0.1) is 6.04 Å². The van der Waals surface area contributed by atoms with Gasteiger partial charge in [-0.2, -0.15) is 0 Å². The van der Waals surface area contributed by atoms with E-state index in [1.807, 2.05) is 6.07 Å². The van der Waals surface area contributed by atoms with Crippen molar-refractivity contribution in [2.45, 2.75) is 44.6 Å². The number of amides is 1. The maximum Gasteiger partial charge on any atom is 0.237 e. The van der Waals surface area contributed by atoms with Crippen LogP contribution in [-0.2, 0) is 16.0 Å². The molecule has 1 aliphatic heterocycles. The van der Waals surface area contributed by atoms with Gasteiger partial charge in [-0.05, 0) is 49.0 Å². The number of hydrogen-bond donors (Lipinski definition) is 2. The molecule has 1 saturated heterocycles. The van der Waals surface area contributed by atoms with Crippen LogP contribution < -0.4 is 11.1 Å². The summed E-state index contributed by atoms with van der Waals surface area (Å²) in [5.41, 5.74) is 7.75. The zero-order valence-electron chi connectivity index (χ0n) is 13.8. The Morgan fingerprint density at radius 1 is 1.26 bits per heavy atom. The summed E-state index contributed by atoms with van der Waals surface area (Å²) in [6.07, 6.45) is 6.46. The van der Waals surface area contributed by atoms with Crippen molar-refractivity contribution in [1.29, 1.82) is 0 Å². The van der Waals surface area contributed by atoms with Crippen LogP contribution in [0.1, 0.15) is 37.7 Å². The van der Waals surface area contributed by atoms with Crippen LogP contribution >= 0.6 is 0 Å². The van der Waals surface area contributed by atoms with E-state index in [1.165, 1.54) is 24.8 Å². The number of nitrogens with two attached hydrogens (primary N) is 1. The Morgan fingerprint density at radius 3 is 2.57 bits per heavy atom. The van der Waals surface area contributed by atoms with Crippen LogP contribution in [0.5, 0.6) is 0 Å². The molecule has 1 aromatic carbocycles. The van der Waals surface area contributed by atoms with Crippen molar-refractivity contribution in [3.05, 3.63) is 35.9 Å². The molecular formula is C19H28N2O2. The lowest BCUT2D eigenvalue weighted by Crippen LogP contribution is -2.51. The summed E-state index contributed by atoms with van der Waals surface area (Å²) in [7, 11) is 0. The van der Waals surface area contributed by atoms with Crippen molar-refractivity contribution >= 4 is 5.91 Å². The Balaban J connectivity index is 1.52. The zero-order valence-corrected chi connectivity index (χ0v) is 13.8. The standard InChI is InChI=1S/C19H28N2O2/c20-17(16-7-11-23-12-8-16)18(22)21-14-19(9-4-10-19)13-15-5-2-1-3-6-15/h1-3,5-6,16-17H,4,7-14,20H2,(H,21,22). The number of carbonyl (C=O) groups is 1.